The number of hydrogen-bond donors (Lipinski definition) is 1. The Kier molecular flexibility index (Phi) is 4.92. The van der Waals surface area contributed by atoms with Crippen LogP contribution in [0.15, 0.2) is 56.3 Å². The van der Waals surface area contributed by atoms with Crippen LogP contribution in [0.4, 0.5) is 5.95 Å². The predicted molar refractivity (Wildman–Crippen MR) is 94.9 cm³/mol. The molecule has 3 rings (SSSR count). The number of halogens is 2. The monoisotopic (exact) mass is 437 g/mol. The molecule has 0 aliphatic carbocycles. The van der Waals surface area contributed by atoms with Crippen molar-refractivity contribution in [3.63, 3.8) is 0 Å². The number of tetrazole rings is 1. The number of benzene rings is 1. The fraction of sp³-hybridized carbons (Fsp3) is 0.133. The summed E-state index contributed by atoms with van der Waals surface area (Å²) in [5, 5.41) is 14.6. The highest BCUT2D eigenvalue weighted by Gasteiger charge is 2.10. The highest BCUT2D eigenvalue weighted by atomic mass is 79.9. The quantitative estimate of drug-likeness (QED) is 0.582. The number of allylic oxidation sites excluding steroid dienone is 1. The summed E-state index contributed by atoms with van der Waals surface area (Å²) < 4.78 is 9.49. The van der Waals surface area contributed by atoms with E-state index in [4.69, 9.17) is 4.42 Å². The molecule has 0 saturated heterocycles. The number of nitrogens with zero attached hydrogens (tertiary/aromatic N) is 4. The second-order valence-electron chi connectivity index (χ2n) is 4.72. The minimum Gasteiger partial charge on any atom is -0.459 e. The van der Waals surface area contributed by atoms with E-state index in [9.17, 15) is 0 Å². The Morgan fingerprint density at radius 2 is 2.13 bits per heavy atom. The Bertz CT molecular complexity index is 827. The van der Waals surface area contributed by atoms with Crippen LogP contribution in [0, 0.1) is 0 Å². The van der Waals surface area contributed by atoms with Gasteiger partial charge in [-0.05, 0) is 56.7 Å². The number of aromatic nitrogens is 4. The Hall–Kier alpha value is -1.93. The van der Waals surface area contributed by atoms with E-state index in [0.717, 1.165) is 26.0 Å². The van der Waals surface area contributed by atoms with Gasteiger partial charge in [-0.3, -0.25) is 0 Å². The molecule has 23 heavy (non-hydrogen) atoms. The molecule has 0 amide bonds. The fourth-order valence-electron chi connectivity index (χ4n) is 2.05. The number of furan rings is 1. The maximum atomic E-state index is 5.88. The van der Waals surface area contributed by atoms with E-state index in [2.05, 4.69) is 59.3 Å². The van der Waals surface area contributed by atoms with Crippen LogP contribution in [0.1, 0.15) is 5.76 Å². The van der Waals surface area contributed by atoms with Crippen LogP contribution in [0.25, 0.3) is 11.3 Å². The smallest absolute Gasteiger partial charge is 0.243 e. The van der Waals surface area contributed by atoms with Crippen molar-refractivity contribution in [1.82, 2.24) is 20.2 Å². The molecular formula is C15H13Br2N5O. The van der Waals surface area contributed by atoms with Gasteiger partial charge >= 0.3 is 0 Å². The van der Waals surface area contributed by atoms with E-state index in [1.165, 1.54) is 0 Å². The van der Waals surface area contributed by atoms with Gasteiger partial charge in [0.25, 0.3) is 0 Å². The first-order valence-corrected chi connectivity index (χ1v) is 8.41. The molecular weight excluding hydrogens is 426 g/mol. The van der Waals surface area contributed by atoms with Gasteiger partial charge in [-0.2, -0.15) is 0 Å². The third-order valence-corrected chi connectivity index (χ3v) is 4.26. The lowest BCUT2D eigenvalue weighted by Gasteiger charge is -2.04. The summed E-state index contributed by atoms with van der Waals surface area (Å²) in [6.45, 7) is 4.71. The average molecular weight is 439 g/mol. The molecule has 0 saturated carbocycles. The van der Waals surface area contributed by atoms with Crippen molar-refractivity contribution in [2.24, 2.45) is 0 Å². The molecule has 6 nitrogen and oxygen atoms in total. The van der Waals surface area contributed by atoms with E-state index in [1.807, 2.05) is 30.3 Å². The molecule has 2 aromatic heterocycles. The van der Waals surface area contributed by atoms with Gasteiger partial charge in [0.2, 0.25) is 5.95 Å². The van der Waals surface area contributed by atoms with Gasteiger partial charge in [0.1, 0.15) is 11.5 Å². The predicted octanol–water partition coefficient (Wildman–Crippen LogP) is 4.26. The van der Waals surface area contributed by atoms with Crippen molar-refractivity contribution < 1.29 is 4.42 Å². The van der Waals surface area contributed by atoms with Gasteiger partial charge in [0.05, 0.1) is 13.1 Å². The number of rotatable bonds is 6. The molecule has 3 aromatic rings. The Morgan fingerprint density at radius 3 is 2.91 bits per heavy atom. The van der Waals surface area contributed by atoms with Crippen molar-refractivity contribution in [1.29, 1.82) is 0 Å². The third-order valence-electron chi connectivity index (χ3n) is 3.11. The van der Waals surface area contributed by atoms with Crippen LogP contribution >= 0.6 is 31.9 Å². The van der Waals surface area contributed by atoms with Crippen molar-refractivity contribution in [3.05, 3.63) is 57.7 Å². The SMILES string of the molecule is C=CCn1nnnc1NCc1ccc(-c2ccc(Br)cc2Br)o1. The molecule has 0 bridgehead atoms. The minimum absolute atomic E-state index is 0.492. The topological polar surface area (TPSA) is 68.8 Å². The van der Waals surface area contributed by atoms with Crippen LogP contribution in [0.5, 0.6) is 0 Å². The second kappa shape index (κ2) is 7.10. The normalized spacial score (nSPS) is 10.7. The van der Waals surface area contributed by atoms with Gasteiger partial charge in [-0.1, -0.05) is 27.1 Å². The Labute approximate surface area is 149 Å². The molecule has 8 heteroatoms. The second-order valence-corrected chi connectivity index (χ2v) is 6.49. The first kappa shape index (κ1) is 15.9. The van der Waals surface area contributed by atoms with Gasteiger partial charge in [0, 0.05) is 14.5 Å². The molecule has 2 heterocycles. The zero-order valence-electron chi connectivity index (χ0n) is 12.0. The Morgan fingerprint density at radius 1 is 1.26 bits per heavy atom. The number of anilines is 1. The maximum Gasteiger partial charge on any atom is 0.243 e. The van der Waals surface area contributed by atoms with Gasteiger partial charge in [-0.25, -0.2) is 4.68 Å². The van der Waals surface area contributed by atoms with Crippen LogP contribution in [-0.4, -0.2) is 20.2 Å². The number of nitrogens with one attached hydrogen (secondary N) is 1. The van der Waals surface area contributed by atoms with Crippen LogP contribution in [0.3, 0.4) is 0 Å². The van der Waals surface area contributed by atoms with Gasteiger partial charge in [-0.15, -0.1) is 6.58 Å². The van der Waals surface area contributed by atoms with Crippen molar-refractivity contribution in [2.75, 3.05) is 5.32 Å². The fourth-order valence-corrected chi connectivity index (χ4v) is 3.29. The summed E-state index contributed by atoms with van der Waals surface area (Å²) in [5.41, 5.74) is 0.996. The molecule has 0 fully saturated rings. The lowest BCUT2D eigenvalue weighted by atomic mass is 10.2. The van der Waals surface area contributed by atoms with E-state index in [1.54, 1.807) is 10.8 Å². The van der Waals surface area contributed by atoms with E-state index < -0.39 is 0 Å². The molecule has 0 aliphatic rings. The standard InChI is InChI=1S/C15H13Br2N5O/c1-2-7-22-15(19-20-21-22)18-9-11-4-6-14(23-11)12-5-3-10(16)8-13(12)17/h2-6,8H,1,7,9H2,(H,18,19,21). The highest BCUT2D eigenvalue weighted by molar-refractivity contribution is 9.11. The first-order valence-electron chi connectivity index (χ1n) is 6.82. The Balaban J connectivity index is 1.72. The van der Waals surface area contributed by atoms with Crippen LogP contribution < -0.4 is 5.32 Å². The molecule has 1 N–H and O–H groups in total. The summed E-state index contributed by atoms with van der Waals surface area (Å²) in [6.07, 6.45) is 1.73. The number of hydrogen-bond acceptors (Lipinski definition) is 5. The zero-order chi connectivity index (χ0) is 16.2. The molecule has 118 valence electrons. The first-order chi connectivity index (χ1) is 11.2. The van der Waals surface area contributed by atoms with Gasteiger partial charge < -0.3 is 9.73 Å². The van der Waals surface area contributed by atoms with Crippen LogP contribution in [-0.2, 0) is 13.1 Å². The summed E-state index contributed by atoms with van der Waals surface area (Å²) in [5.74, 6) is 2.17. The van der Waals surface area contributed by atoms with E-state index >= 15 is 0 Å². The lowest BCUT2D eigenvalue weighted by molar-refractivity contribution is 0.529. The van der Waals surface area contributed by atoms with E-state index in [-0.39, 0.29) is 0 Å². The summed E-state index contributed by atoms with van der Waals surface area (Å²) in [4.78, 5) is 0. The molecule has 0 atom stereocenters. The maximum absolute atomic E-state index is 5.88. The average Bonchev–Trinajstić information content (AvgIpc) is 3.15. The molecule has 0 unspecified atom stereocenters. The van der Waals surface area contributed by atoms with Crippen molar-refractivity contribution in [2.45, 2.75) is 13.1 Å². The summed E-state index contributed by atoms with van der Waals surface area (Å²) in [7, 11) is 0. The molecule has 0 spiro atoms. The van der Waals surface area contributed by atoms with Crippen LogP contribution in [0.2, 0.25) is 0 Å². The zero-order valence-corrected chi connectivity index (χ0v) is 15.2. The van der Waals surface area contributed by atoms with E-state index in [0.29, 0.717) is 19.0 Å². The summed E-state index contributed by atoms with van der Waals surface area (Å²) in [6, 6.07) is 9.83. The van der Waals surface area contributed by atoms with Crippen molar-refractivity contribution in [3.8, 4) is 11.3 Å². The molecule has 1 aromatic carbocycles. The lowest BCUT2D eigenvalue weighted by Crippen LogP contribution is -2.07. The molecule has 0 aliphatic heterocycles. The molecule has 0 radical (unpaired) electrons. The third kappa shape index (κ3) is 3.70. The minimum atomic E-state index is 0.492. The van der Waals surface area contributed by atoms with Gasteiger partial charge in [0.15, 0.2) is 0 Å². The summed E-state index contributed by atoms with van der Waals surface area (Å²) >= 11 is 6.99. The largest absolute Gasteiger partial charge is 0.459 e. The van der Waals surface area contributed by atoms with Crippen molar-refractivity contribution >= 4 is 37.8 Å². The highest BCUT2D eigenvalue weighted by Crippen LogP contribution is 2.32.